The van der Waals surface area contributed by atoms with E-state index in [-0.39, 0.29) is 6.10 Å². The molecule has 1 N–H and O–H groups in total. The molecule has 1 aliphatic rings. The number of hydrogen-bond donors (Lipinski definition) is 1. The van der Waals surface area contributed by atoms with Crippen molar-refractivity contribution in [3.05, 3.63) is 32.5 Å². The molecule has 0 bridgehead atoms. The molecule has 2 aromatic heterocycles. The van der Waals surface area contributed by atoms with E-state index < -0.39 is 0 Å². The first-order valence-corrected chi connectivity index (χ1v) is 8.57. The van der Waals surface area contributed by atoms with Gasteiger partial charge < -0.3 is 10.1 Å². The van der Waals surface area contributed by atoms with Crippen LogP contribution in [-0.4, -0.2) is 27.4 Å². The average molecular weight is 320 g/mol. The summed E-state index contributed by atoms with van der Waals surface area (Å²) >= 11 is 1.77. The highest BCUT2D eigenvalue weighted by molar-refractivity contribution is 7.11. The fraction of sp³-hybridized carbons (Fsp3) is 0.625. The average Bonchev–Trinajstić information content (AvgIpc) is 3.10. The molecule has 0 aliphatic carbocycles. The van der Waals surface area contributed by atoms with E-state index in [1.807, 2.05) is 11.7 Å². The Kier molecular flexibility index (Phi) is 4.34. The lowest BCUT2D eigenvalue weighted by atomic mass is 10.0. The quantitative estimate of drug-likeness (QED) is 0.941. The van der Waals surface area contributed by atoms with Crippen molar-refractivity contribution >= 4 is 11.3 Å². The molecule has 2 atom stereocenters. The summed E-state index contributed by atoms with van der Waals surface area (Å²) < 4.78 is 7.95. The maximum atomic E-state index is 6.01. The molecule has 0 saturated carbocycles. The Labute approximate surface area is 135 Å². The zero-order valence-electron chi connectivity index (χ0n) is 13.9. The second kappa shape index (κ2) is 6.10. The molecule has 0 unspecified atom stereocenters. The molecule has 1 fully saturated rings. The topological polar surface area (TPSA) is 52.0 Å². The highest BCUT2D eigenvalue weighted by Crippen LogP contribution is 2.33. The van der Waals surface area contributed by atoms with Crippen molar-refractivity contribution in [3.8, 4) is 0 Å². The molecule has 1 aliphatic heterocycles. The van der Waals surface area contributed by atoms with Gasteiger partial charge in [-0.1, -0.05) is 0 Å². The number of hydrogen-bond acceptors (Lipinski definition) is 5. The second-order valence-electron chi connectivity index (χ2n) is 6.02. The lowest BCUT2D eigenvalue weighted by Crippen LogP contribution is -2.31. The van der Waals surface area contributed by atoms with Crippen molar-refractivity contribution in [2.75, 3.05) is 6.61 Å². The number of ether oxygens (including phenoxy) is 1. The minimum Gasteiger partial charge on any atom is -0.372 e. The van der Waals surface area contributed by atoms with E-state index in [1.165, 1.54) is 16.1 Å². The number of aromatic nitrogens is 3. The van der Waals surface area contributed by atoms with Gasteiger partial charge in [-0.25, -0.2) is 4.98 Å². The van der Waals surface area contributed by atoms with Crippen LogP contribution in [0.15, 0.2) is 0 Å². The summed E-state index contributed by atoms with van der Waals surface area (Å²) in [6.45, 7) is 9.98. The van der Waals surface area contributed by atoms with Gasteiger partial charge >= 0.3 is 0 Å². The van der Waals surface area contributed by atoms with Crippen LogP contribution in [0.4, 0.5) is 0 Å². The van der Waals surface area contributed by atoms with Gasteiger partial charge in [0.05, 0.1) is 11.4 Å². The van der Waals surface area contributed by atoms with Crippen LogP contribution >= 0.6 is 11.3 Å². The molecule has 5 nitrogen and oxygen atoms in total. The monoisotopic (exact) mass is 320 g/mol. The Bertz CT molecular complexity index is 656. The molecule has 0 spiro atoms. The van der Waals surface area contributed by atoms with Crippen molar-refractivity contribution in [1.82, 2.24) is 20.1 Å². The highest BCUT2D eigenvalue weighted by atomic mass is 32.1. The third-order valence-electron chi connectivity index (χ3n) is 4.53. The van der Waals surface area contributed by atoms with Crippen LogP contribution in [0.1, 0.15) is 45.1 Å². The van der Waals surface area contributed by atoms with Gasteiger partial charge in [-0.05, 0) is 34.1 Å². The van der Waals surface area contributed by atoms with Gasteiger partial charge in [0.15, 0.2) is 0 Å². The van der Waals surface area contributed by atoms with E-state index in [2.05, 4.69) is 43.1 Å². The van der Waals surface area contributed by atoms with E-state index in [4.69, 9.17) is 4.74 Å². The summed E-state index contributed by atoms with van der Waals surface area (Å²) in [4.78, 5) is 5.91. The molecular formula is C16H24N4OS. The summed E-state index contributed by atoms with van der Waals surface area (Å²) in [7, 11) is 1.99. The van der Waals surface area contributed by atoms with E-state index in [9.17, 15) is 0 Å². The molecule has 3 heterocycles. The predicted octanol–water partition coefficient (Wildman–Crippen LogP) is 2.73. The largest absolute Gasteiger partial charge is 0.372 e. The fourth-order valence-corrected chi connectivity index (χ4v) is 4.00. The normalized spacial score (nSPS) is 21.7. The number of nitrogens with zero attached hydrogens (tertiary/aromatic N) is 3. The van der Waals surface area contributed by atoms with Gasteiger partial charge in [-0.2, -0.15) is 5.10 Å². The predicted molar refractivity (Wildman–Crippen MR) is 88.2 cm³/mol. The third-order valence-corrected chi connectivity index (χ3v) is 5.60. The standard InChI is InChI=1S/C16H24N4OS/c1-9-12(4)22-14(18-9)8-17-13-6-7-21-16(13)15-10(2)19-20(5)11(15)3/h13,16-17H,6-8H2,1-5H3/t13-,16-/m0/s1. The Balaban J connectivity index is 1.73. The Hall–Kier alpha value is -1.24. The smallest absolute Gasteiger partial charge is 0.107 e. The van der Waals surface area contributed by atoms with Gasteiger partial charge in [-0.15, -0.1) is 11.3 Å². The van der Waals surface area contributed by atoms with Crippen LogP contribution in [0.2, 0.25) is 0 Å². The summed E-state index contributed by atoms with van der Waals surface area (Å²) in [5.41, 5.74) is 4.64. The molecule has 0 aromatic carbocycles. The van der Waals surface area contributed by atoms with Crippen molar-refractivity contribution in [2.24, 2.45) is 7.05 Å². The minimum absolute atomic E-state index is 0.0934. The van der Waals surface area contributed by atoms with E-state index in [1.54, 1.807) is 11.3 Å². The lowest BCUT2D eigenvalue weighted by molar-refractivity contribution is 0.0974. The molecule has 0 radical (unpaired) electrons. The lowest BCUT2D eigenvalue weighted by Gasteiger charge is -2.20. The third kappa shape index (κ3) is 2.83. The zero-order valence-corrected chi connectivity index (χ0v) is 14.8. The fourth-order valence-electron chi connectivity index (χ4n) is 3.12. The highest BCUT2D eigenvalue weighted by Gasteiger charge is 2.33. The van der Waals surface area contributed by atoms with Gasteiger partial charge in [-0.3, -0.25) is 4.68 Å². The van der Waals surface area contributed by atoms with Gasteiger partial charge in [0.1, 0.15) is 11.1 Å². The van der Waals surface area contributed by atoms with Crippen molar-refractivity contribution in [1.29, 1.82) is 0 Å². The zero-order chi connectivity index (χ0) is 15.9. The molecule has 6 heteroatoms. The first kappa shape index (κ1) is 15.6. The van der Waals surface area contributed by atoms with Crippen LogP contribution in [0.5, 0.6) is 0 Å². The summed E-state index contributed by atoms with van der Waals surface area (Å²) in [5, 5.41) is 9.31. The maximum Gasteiger partial charge on any atom is 0.107 e. The second-order valence-corrected chi connectivity index (χ2v) is 7.31. The number of aryl methyl sites for hydroxylation is 4. The Morgan fingerprint density at radius 2 is 2.05 bits per heavy atom. The summed E-state index contributed by atoms with van der Waals surface area (Å²) in [6, 6.07) is 0.325. The molecule has 120 valence electrons. The van der Waals surface area contributed by atoms with E-state index >= 15 is 0 Å². The molecule has 2 aromatic rings. The van der Waals surface area contributed by atoms with Crippen LogP contribution in [0.25, 0.3) is 0 Å². The van der Waals surface area contributed by atoms with Crippen LogP contribution in [0, 0.1) is 27.7 Å². The Morgan fingerprint density at radius 1 is 1.27 bits per heavy atom. The SMILES string of the molecule is Cc1nc(CN[C@H]2CCO[C@@H]2c2c(C)nn(C)c2C)sc1C. The van der Waals surface area contributed by atoms with Gasteiger partial charge in [0.2, 0.25) is 0 Å². The van der Waals surface area contributed by atoms with E-state index in [0.717, 1.165) is 36.0 Å². The molecular weight excluding hydrogens is 296 g/mol. The van der Waals surface area contributed by atoms with Crippen molar-refractivity contribution in [3.63, 3.8) is 0 Å². The van der Waals surface area contributed by atoms with Gasteiger partial charge in [0.25, 0.3) is 0 Å². The van der Waals surface area contributed by atoms with Gasteiger partial charge in [0, 0.05) is 42.4 Å². The summed E-state index contributed by atoms with van der Waals surface area (Å²) in [6.07, 6.45) is 1.12. The number of thiazole rings is 1. The number of rotatable bonds is 4. The van der Waals surface area contributed by atoms with Crippen LogP contribution < -0.4 is 5.32 Å². The summed E-state index contributed by atoms with van der Waals surface area (Å²) in [5.74, 6) is 0. The molecule has 1 saturated heterocycles. The van der Waals surface area contributed by atoms with Crippen molar-refractivity contribution < 1.29 is 4.74 Å². The first-order valence-electron chi connectivity index (χ1n) is 7.75. The van der Waals surface area contributed by atoms with E-state index in [0.29, 0.717) is 6.04 Å². The van der Waals surface area contributed by atoms with Crippen LogP contribution in [0.3, 0.4) is 0 Å². The molecule has 0 amide bonds. The molecule has 22 heavy (non-hydrogen) atoms. The maximum absolute atomic E-state index is 6.01. The molecule has 3 rings (SSSR count). The number of nitrogens with one attached hydrogen (secondary N) is 1. The Morgan fingerprint density at radius 3 is 2.64 bits per heavy atom. The van der Waals surface area contributed by atoms with Crippen molar-refractivity contribution in [2.45, 2.75) is 52.8 Å². The minimum atomic E-state index is 0.0934. The first-order chi connectivity index (χ1) is 10.5. The van der Waals surface area contributed by atoms with Crippen LogP contribution in [-0.2, 0) is 18.3 Å².